The molecule has 0 radical (unpaired) electrons. The zero-order valence-corrected chi connectivity index (χ0v) is 11.8. The van der Waals surface area contributed by atoms with Crippen molar-refractivity contribution in [2.75, 3.05) is 13.1 Å². The number of aliphatic hydroxyl groups is 1. The number of hydrogen-bond donors (Lipinski definition) is 1. The lowest BCUT2D eigenvalue weighted by atomic mass is 9.97. The molecule has 1 amide bonds. The normalized spacial score (nSPS) is 22.7. The molecule has 112 valence electrons. The van der Waals surface area contributed by atoms with Crippen molar-refractivity contribution in [2.45, 2.75) is 26.0 Å². The molecule has 0 spiro atoms. The first-order chi connectivity index (χ1) is 10.1. The van der Waals surface area contributed by atoms with Crippen molar-refractivity contribution in [2.24, 2.45) is 5.92 Å². The van der Waals surface area contributed by atoms with Crippen LogP contribution in [0.1, 0.15) is 13.3 Å². The minimum absolute atomic E-state index is 0.0560. The summed E-state index contributed by atoms with van der Waals surface area (Å²) in [6.45, 7) is 2.89. The zero-order valence-electron chi connectivity index (χ0n) is 11.8. The summed E-state index contributed by atoms with van der Waals surface area (Å²) in [7, 11) is 0. The Bertz CT molecular complexity index is 720. The Morgan fingerprint density at radius 3 is 3.00 bits per heavy atom. The number of rotatable bonds is 2. The molecule has 0 bridgehead atoms. The summed E-state index contributed by atoms with van der Waals surface area (Å²) in [6.07, 6.45) is 1.85. The quantitative estimate of drug-likeness (QED) is 0.825. The highest BCUT2D eigenvalue weighted by molar-refractivity contribution is 5.76. The van der Waals surface area contributed by atoms with E-state index in [0.29, 0.717) is 25.2 Å². The van der Waals surface area contributed by atoms with Gasteiger partial charge in [-0.3, -0.25) is 9.20 Å². The number of piperidine rings is 1. The van der Waals surface area contributed by atoms with Gasteiger partial charge >= 0.3 is 5.69 Å². The van der Waals surface area contributed by atoms with Gasteiger partial charge < -0.3 is 10.0 Å². The van der Waals surface area contributed by atoms with Gasteiger partial charge in [0.15, 0.2) is 5.65 Å². The van der Waals surface area contributed by atoms with Crippen LogP contribution >= 0.6 is 0 Å². The number of pyridine rings is 1. The first-order valence-corrected chi connectivity index (χ1v) is 7.06. The number of carbonyl (C=O) groups is 1. The molecule has 7 nitrogen and oxygen atoms in total. The highest BCUT2D eigenvalue weighted by Gasteiger charge is 2.27. The molecule has 21 heavy (non-hydrogen) atoms. The van der Waals surface area contributed by atoms with Gasteiger partial charge in [-0.1, -0.05) is 13.0 Å². The first kappa shape index (κ1) is 13.8. The molecule has 1 N–H and O–H groups in total. The van der Waals surface area contributed by atoms with Gasteiger partial charge in [0.05, 0.1) is 6.10 Å². The van der Waals surface area contributed by atoms with Crippen molar-refractivity contribution in [3.63, 3.8) is 0 Å². The predicted octanol–water partition coefficient (Wildman–Crippen LogP) is -0.275. The van der Waals surface area contributed by atoms with Crippen LogP contribution in [0.3, 0.4) is 0 Å². The summed E-state index contributed by atoms with van der Waals surface area (Å²) >= 11 is 0. The Balaban J connectivity index is 1.77. The van der Waals surface area contributed by atoms with Crippen molar-refractivity contribution in [1.82, 2.24) is 19.1 Å². The Morgan fingerprint density at radius 1 is 1.48 bits per heavy atom. The number of likely N-dealkylation sites (tertiary alicyclic amines) is 1. The molecule has 1 saturated heterocycles. The molecule has 0 aliphatic carbocycles. The van der Waals surface area contributed by atoms with E-state index < -0.39 is 0 Å². The number of amides is 1. The topological polar surface area (TPSA) is 79.8 Å². The molecule has 3 rings (SSSR count). The standard InChI is InChI=1S/C14H18N4O3/c1-10-8-16(7-5-11(10)19)13(20)9-18-14(21)17-6-3-2-4-12(17)15-18/h2-4,6,10-11,19H,5,7-9H2,1H3. The number of nitrogens with zero attached hydrogens (tertiary/aromatic N) is 4. The molecule has 1 aliphatic heterocycles. The summed E-state index contributed by atoms with van der Waals surface area (Å²) < 4.78 is 2.60. The highest BCUT2D eigenvalue weighted by Crippen LogP contribution is 2.16. The van der Waals surface area contributed by atoms with Gasteiger partial charge in [0.1, 0.15) is 6.54 Å². The maximum atomic E-state index is 12.3. The molecular weight excluding hydrogens is 272 g/mol. The minimum atomic E-state index is -0.355. The number of hydrogen-bond acceptors (Lipinski definition) is 4. The van der Waals surface area contributed by atoms with Crippen LogP contribution in [-0.2, 0) is 11.3 Å². The van der Waals surface area contributed by atoms with E-state index in [-0.39, 0.29) is 30.2 Å². The molecular formula is C14H18N4O3. The summed E-state index contributed by atoms with van der Waals surface area (Å²) in [4.78, 5) is 26.1. The number of aromatic nitrogens is 3. The summed E-state index contributed by atoms with van der Waals surface area (Å²) in [6, 6.07) is 5.26. The smallest absolute Gasteiger partial charge is 0.350 e. The van der Waals surface area contributed by atoms with Gasteiger partial charge in [-0.2, -0.15) is 0 Å². The SMILES string of the molecule is CC1CN(C(=O)Cn2nc3ccccn3c2=O)CCC1O. The van der Waals surface area contributed by atoms with Crippen LogP contribution in [0.25, 0.3) is 5.65 Å². The van der Waals surface area contributed by atoms with E-state index in [9.17, 15) is 14.7 Å². The zero-order chi connectivity index (χ0) is 15.0. The van der Waals surface area contributed by atoms with Gasteiger partial charge in [0.2, 0.25) is 5.91 Å². The molecule has 2 atom stereocenters. The lowest BCUT2D eigenvalue weighted by Crippen LogP contribution is -2.46. The predicted molar refractivity (Wildman–Crippen MR) is 75.8 cm³/mol. The Hall–Kier alpha value is -2.15. The van der Waals surface area contributed by atoms with E-state index in [1.165, 1.54) is 9.08 Å². The van der Waals surface area contributed by atoms with Gasteiger partial charge in [-0.15, -0.1) is 5.10 Å². The van der Waals surface area contributed by atoms with Crippen LogP contribution in [0.15, 0.2) is 29.2 Å². The van der Waals surface area contributed by atoms with Crippen molar-refractivity contribution in [3.8, 4) is 0 Å². The van der Waals surface area contributed by atoms with E-state index in [2.05, 4.69) is 5.10 Å². The second-order valence-electron chi connectivity index (χ2n) is 5.54. The van der Waals surface area contributed by atoms with E-state index in [4.69, 9.17) is 0 Å². The summed E-state index contributed by atoms with van der Waals surface area (Å²) in [5, 5.41) is 13.8. The molecule has 7 heteroatoms. The van der Waals surface area contributed by atoms with Crippen LogP contribution in [0.2, 0.25) is 0 Å². The van der Waals surface area contributed by atoms with Gasteiger partial charge in [-0.05, 0) is 24.5 Å². The Kier molecular flexibility index (Phi) is 3.50. The third-order valence-corrected chi connectivity index (χ3v) is 3.99. The fourth-order valence-corrected chi connectivity index (χ4v) is 2.66. The van der Waals surface area contributed by atoms with Crippen molar-refractivity contribution in [3.05, 3.63) is 34.9 Å². The van der Waals surface area contributed by atoms with Gasteiger partial charge in [0.25, 0.3) is 0 Å². The Morgan fingerprint density at radius 2 is 2.29 bits per heavy atom. The molecule has 2 aromatic heterocycles. The third kappa shape index (κ3) is 2.56. The molecule has 0 aromatic carbocycles. The second-order valence-corrected chi connectivity index (χ2v) is 5.54. The minimum Gasteiger partial charge on any atom is -0.393 e. The largest absolute Gasteiger partial charge is 0.393 e. The van der Waals surface area contributed by atoms with E-state index in [1.807, 2.05) is 6.92 Å². The van der Waals surface area contributed by atoms with E-state index in [1.54, 1.807) is 29.3 Å². The maximum Gasteiger partial charge on any atom is 0.350 e. The molecule has 2 unspecified atom stereocenters. The first-order valence-electron chi connectivity index (χ1n) is 7.06. The average molecular weight is 290 g/mol. The highest BCUT2D eigenvalue weighted by atomic mass is 16.3. The van der Waals surface area contributed by atoms with Crippen molar-refractivity contribution in [1.29, 1.82) is 0 Å². The van der Waals surface area contributed by atoms with E-state index >= 15 is 0 Å². The summed E-state index contributed by atoms with van der Waals surface area (Å²) in [5.41, 5.74) is 0.210. The molecule has 0 saturated carbocycles. The average Bonchev–Trinajstić information content (AvgIpc) is 2.79. The van der Waals surface area contributed by atoms with Gasteiger partial charge in [0, 0.05) is 19.3 Å². The van der Waals surface area contributed by atoms with Crippen LogP contribution in [0, 0.1) is 5.92 Å². The molecule has 1 aliphatic rings. The third-order valence-electron chi connectivity index (χ3n) is 3.99. The van der Waals surface area contributed by atoms with Crippen molar-refractivity contribution < 1.29 is 9.90 Å². The molecule has 2 aromatic rings. The number of fused-ring (bicyclic) bond motifs is 1. The summed E-state index contributed by atoms with van der Waals surface area (Å²) in [5.74, 6) is -0.0836. The lowest BCUT2D eigenvalue weighted by Gasteiger charge is -2.34. The second kappa shape index (κ2) is 5.33. The maximum absolute atomic E-state index is 12.3. The molecule has 1 fully saturated rings. The Labute approximate surface area is 121 Å². The molecule has 3 heterocycles. The lowest BCUT2D eigenvalue weighted by molar-refractivity contribution is -0.135. The fourth-order valence-electron chi connectivity index (χ4n) is 2.66. The van der Waals surface area contributed by atoms with Crippen LogP contribution in [-0.4, -0.2) is 49.3 Å². The van der Waals surface area contributed by atoms with Crippen molar-refractivity contribution >= 4 is 11.6 Å². The van der Waals surface area contributed by atoms with Crippen LogP contribution in [0.4, 0.5) is 0 Å². The monoisotopic (exact) mass is 290 g/mol. The van der Waals surface area contributed by atoms with Crippen LogP contribution in [0.5, 0.6) is 0 Å². The van der Waals surface area contributed by atoms with Crippen LogP contribution < -0.4 is 5.69 Å². The van der Waals surface area contributed by atoms with Gasteiger partial charge in [-0.25, -0.2) is 9.48 Å². The number of carbonyl (C=O) groups excluding carboxylic acids is 1. The number of aliphatic hydroxyl groups excluding tert-OH is 1. The van der Waals surface area contributed by atoms with E-state index in [0.717, 1.165) is 0 Å². The fraction of sp³-hybridized carbons (Fsp3) is 0.500.